The van der Waals surface area contributed by atoms with E-state index in [0.717, 1.165) is 21.8 Å². The van der Waals surface area contributed by atoms with Crippen LogP contribution in [0.3, 0.4) is 0 Å². The van der Waals surface area contributed by atoms with Gasteiger partial charge in [-0.15, -0.1) is 18.3 Å². The lowest BCUT2D eigenvalue weighted by Gasteiger charge is -2.22. The minimum absolute atomic E-state index is 0.342. The minimum atomic E-state index is -0.915. The minimum Gasteiger partial charge on any atom is -0.478 e. The quantitative estimate of drug-likeness (QED) is 0.574. The number of ether oxygens (including phenoxy) is 1. The molecule has 2 aromatic carbocycles. The van der Waals surface area contributed by atoms with E-state index in [1.807, 2.05) is 36.4 Å². The summed E-state index contributed by atoms with van der Waals surface area (Å²) in [5.41, 5.74) is 2.10. The Bertz CT molecular complexity index is 722. The van der Waals surface area contributed by atoms with Gasteiger partial charge in [-0.2, -0.15) is 0 Å². The van der Waals surface area contributed by atoms with Gasteiger partial charge in [-0.3, -0.25) is 0 Å². The molecular formula is C17H14O3S. The van der Waals surface area contributed by atoms with E-state index in [4.69, 9.17) is 4.74 Å². The number of aromatic carboxylic acids is 1. The zero-order valence-electron chi connectivity index (χ0n) is 11.3. The number of carboxylic acids is 1. The second kappa shape index (κ2) is 5.66. The molecule has 21 heavy (non-hydrogen) atoms. The number of rotatable bonds is 4. The first kappa shape index (κ1) is 13.8. The van der Waals surface area contributed by atoms with Crippen LogP contribution in [-0.4, -0.2) is 16.8 Å². The van der Waals surface area contributed by atoms with Crippen molar-refractivity contribution in [3.63, 3.8) is 0 Å². The fourth-order valence-corrected chi connectivity index (χ4v) is 3.26. The number of carboxylic acid groups (broad SMARTS) is 1. The summed E-state index contributed by atoms with van der Waals surface area (Å²) in [6.07, 6.45) is 2.34. The van der Waals surface area contributed by atoms with Crippen molar-refractivity contribution in [3.05, 3.63) is 65.7 Å². The summed E-state index contributed by atoms with van der Waals surface area (Å²) >= 11 is 1.48. The lowest BCUT2D eigenvalue weighted by molar-refractivity contribution is 0.0691. The van der Waals surface area contributed by atoms with Crippen LogP contribution in [0.25, 0.3) is 0 Å². The van der Waals surface area contributed by atoms with E-state index >= 15 is 0 Å². The van der Waals surface area contributed by atoms with Crippen molar-refractivity contribution >= 4 is 17.7 Å². The van der Waals surface area contributed by atoms with Gasteiger partial charge in [0.25, 0.3) is 0 Å². The second-order valence-corrected chi connectivity index (χ2v) is 5.77. The maximum absolute atomic E-state index is 11.7. The Morgan fingerprint density at radius 3 is 2.86 bits per heavy atom. The van der Waals surface area contributed by atoms with Gasteiger partial charge >= 0.3 is 5.97 Å². The third kappa shape index (κ3) is 2.54. The molecule has 106 valence electrons. The molecule has 0 unspecified atom stereocenters. The topological polar surface area (TPSA) is 46.5 Å². The van der Waals surface area contributed by atoms with Crippen LogP contribution in [0.1, 0.15) is 21.5 Å². The summed E-state index contributed by atoms with van der Waals surface area (Å²) < 4.78 is 5.83. The lowest BCUT2D eigenvalue weighted by atomic mass is 9.96. The molecule has 0 amide bonds. The molecule has 1 aliphatic rings. The molecule has 0 atom stereocenters. The predicted molar refractivity (Wildman–Crippen MR) is 83.6 cm³/mol. The van der Waals surface area contributed by atoms with Crippen molar-refractivity contribution in [2.75, 3.05) is 5.75 Å². The number of para-hydroxylation sites is 1. The molecule has 0 aliphatic carbocycles. The lowest BCUT2D eigenvalue weighted by Crippen LogP contribution is -2.11. The molecule has 0 saturated carbocycles. The molecule has 2 aromatic rings. The summed E-state index contributed by atoms with van der Waals surface area (Å²) in [4.78, 5) is 12.4. The predicted octanol–water partition coefficient (Wildman–Crippen LogP) is 4.36. The average molecular weight is 298 g/mol. The summed E-state index contributed by atoms with van der Waals surface area (Å²) in [6.45, 7) is 3.67. The zero-order chi connectivity index (χ0) is 14.8. The molecule has 0 saturated heterocycles. The van der Waals surface area contributed by atoms with Crippen LogP contribution in [-0.2, 0) is 6.42 Å². The molecule has 0 aromatic heterocycles. The van der Waals surface area contributed by atoms with Crippen molar-refractivity contribution in [2.24, 2.45) is 0 Å². The van der Waals surface area contributed by atoms with E-state index < -0.39 is 5.97 Å². The van der Waals surface area contributed by atoms with Gasteiger partial charge in [0.15, 0.2) is 0 Å². The van der Waals surface area contributed by atoms with Gasteiger partial charge < -0.3 is 9.84 Å². The Morgan fingerprint density at radius 2 is 2.10 bits per heavy atom. The van der Waals surface area contributed by atoms with E-state index in [9.17, 15) is 9.90 Å². The standard InChI is InChI=1S/C17H14O3S/c1-2-9-21-15-8-7-14-12(16(15)17(18)19)10-11-5-3-4-6-13(11)20-14/h2-8H,1,9-10H2,(H,18,19). The number of hydrogen-bond donors (Lipinski definition) is 1. The van der Waals surface area contributed by atoms with Gasteiger partial charge in [-0.25, -0.2) is 4.79 Å². The SMILES string of the molecule is C=CCSc1ccc2c(c1C(=O)O)Cc1ccccc1O2. The average Bonchev–Trinajstić information content (AvgIpc) is 2.50. The highest BCUT2D eigenvalue weighted by atomic mass is 32.2. The number of carbonyl (C=O) groups is 1. The van der Waals surface area contributed by atoms with Gasteiger partial charge in [0.2, 0.25) is 0 Å². The first-order valence-corrected chi connectivity index (χ1v) is 7.58. The Morgan fingerprint density at radius 1 is 1.29 bits per heavy atom. The van der Waals surface area contributed by atoms with Crippen LogP contribution in [0.4, 0.5) is 0 Å². The second-order valence-electron chi connectivity index (χ2n) is 4.71. The fraction of sp³-hybridized carbons (Fsp3) is 0.118. The van der Waals surface area contributed by atoms with E-state index in [0.29, 0.717) is 23.5 Å². The Labute approximate surface area is 127 Å². The molecule has 0 radical (unpaired) electrons. The summed E-state index contributed by atoms with van der Waals surface area (Å²) in [6, 6.07) is 11.4. The molecule has 3 nitrogen and oxygen atoms in total. The van der Waals surface area contributed by atoms with Crippen molar-refractivity contribution in [3.8, 4) is 11.5 Å². The third-order valence-corrected chi connectivity index (χ3v) is 4.42. The Hall–Kier alpha value is -2.20. The third-order valence-electron chi connectivity index (χ3n) is 3.36. The highest BCUT2D eigenvalue weighted by Gasteiger charge is 2.25. The van der Waals surface area contributed by atoms with Crippen LogP contribution in [0.5, 0.6) is 11.5 Å². The summed E-state index contributed by atoms with van der Waals surface area (Å²) in [5.74, 6) is 1.19. The van der Waals surface area contributed by atoms with E-state index in [-0.39, 0.29) is 0 Å². The van der Waals surface area contributed by atoms with Crippen molar-refractivity contribution in [1.29, 1.82) is 0 Å². The van der Waals surface area contributed by atoms with Crippen molar-refractivity contribution in [2.45, 2.75) is 11.3 Å². The molecule has 0 bridgehead atoms. The summed E-state index contributed by atoms with van der Waals surface area (Å²) in [7, 11) is 0. The van der Waals surface area contributed by atoms with Gasteiger partial charge in [-0.05, 0) is 23.8 Å². The molecule has 3 rings (SSSR count). The van der Waals surface area contributed by atoms with Crippen LogP contribution in [0, 0.1) is 0 Å². The van der Waals surface area contributed by atoms with Gasteiger partial charge in [-0.1, -0.05) is 24.3 Å². The van der Waals surface area contributed by atoms with Crippen molar-refractivity contribution < 1.29 is 14.6 Å². The van der Waals surface area contributed by atoms with Crippen LogP contribution in [0.2, 0.25) is 0 Å². The number of benzene rings is 2. The molecule has 0 spiro atoms. The zero-order valence-corrected chi connectivity index (χ0v) is 12.2. The first-order valence-electron chi connectivity index (χ1n) is 6.59. The fourth-order valence-electron chi connectivity index (χ4n) is 2.44. The molecule has 4 heteroatoms. The molecule has 1 heterocycles. The molecule has 1 aliphatic heterocycles. The summed E-state index contributed by atoms with van der Waals surface area (Å²) in [5, 5.41) is 9.57. The smallest absolute Gasteiger partial charge is 0.337 e. The monoisotopic (exact) mass is 298 g/mol. The molecule has 1 N–H and O–H groups in total. The van der Waals surface area contributed by atoms with Gasteiger partial charge in [0.05, 0.1) is 5.56 Å². The van der Waals surface area contributed by atoms with E-state index in [1.54, 1.807) is 6.08 Å². The van der Waals surface area contributed by atoms with E-state index in [1.165, 1.54) is 11.8 Å². The van der Waals surface area contributed by atoms with E-state index in [2.05, 4.69) is 6.58 Å². The van der Waals surface area contributed by atoms with Gasteiger partial charge in [0, 0.05) is 22.6 Å². The normalized spacial score (nSPS) is 12.0. The molecular weight excluding hydrogens is 284 g/mol. The van der Waals surface area contributed by atoms with Gasteiger partial charge in [0.1, 0.15) is 11.5 Å². The van der Waals surface area contributed by atoms with Crippen LogP contribution in [0.15, 0.2) is 53.9 Å². The largest absolute Gasteiger partial charge is 0.478 e. The number of fused-ring (bicyclic) bond motifs is 2. The number of thioether (sulfide) groups is 1. The number of hydrogen-bond acceptors (Lipinski definition) is 3. The Balaban J connectivity index is 2.09. The highest BCUT2D eigenvalue weighted by molar-refractivity contribution is 7.99. The Kier molecular flexibility index (Phi) is 3.71. The first-order chi connectivity index (χ1) is 10.2. The highest BCUT2D eigenvalue weighted by Crippen LogP contribution is 2.41. The van der Waals surface area contributed by atoms with Crippen LogP contribution >= 0.6 is 11.8 Å². The van der Waals surface area contributed by atoms with Crippen LogP contribution < -0.4 is 4.74 Å². The maximum atomic E-state index is 11.7. The van der Waals surface area contributed by atoms with Crippen molar-refractivity contribution in [1.82, 2.24) is 0 Å². The molecule has 0 fully saturated rings. The maximum Gasteiger partial charge on any atom is 0.337 e.